The van der Waals surface area contributed by atoms with E-state index in [0.717, 1.165) is 24.5 Å². The molecule has 1 fully saturated rings. The number of nitrogens with zero attached hydrogens (tertiary/aromatic N) is 4. The Hall–Kier alpha value is -1.84. The monoisotopic (exact) mass is 390 g/mol. The highest BCUT2D eigenvalue weighted by Crippen LogP contribution is 2.29. The minimum absolute atomic E-state index is 0.131. The SMILES string of the molecule is Cn1cc(Cl)c(CN2CCOC(COc3ccc(C(F)(F)F)cn3)C2)n1. The van der Waals surface area contributed by atoms with Gasteiger partial charge in [0, 0.05) is 45.1 Å². The second-order valence-electron chi connectivity index (χ2n) is 6.02. The first-order chi connectivity index (χ1) is 12.3. The minimum atomic E-state index is -4.41. The average molecular weight is 391 g/mol. The van der Waals surface area contributed by atoms with Crippen molar-refractivity contribution in [2.75, 3.05) is 26.3 Å². The van der Waals surface area contributed by atoms with Crippen molar-refractivity contribution in [3.8, 4) is 5.88 Å². The normalized spacial score (nSPS) is 18.9. The maximum atomic E-state index is 12.5. The third-order valence-corrected chi connectivity index (χ3v) is 4.25. The molecule has 1 atom stereocenters. The van der Waals surface area contributed by atoms with Crippen LogP contribution in [0.5, 0.6) is 5.88 Å². The molecule has 0 N–H and O–H groups in total. The highest BCUT2D eigenvalue weighted by Gasteiger charge is 2.30. The fourth-order valence-electron chi connectivity index (χ4n) is 2.66. The summed E-state index contributed by atoms with van der Waals surface area (Å²) in [4.78, 5) is 5.83. The molecular formula is C16H18ClF3N4O2. The van der Waals surface area contributed by atoms with Crippen LogP contribution in [0.4, 0.5) is 13.2 Å². The lowest BCUT2D eigenvalue weighted by atomic mass is 10.2. The van der Waals surface area contributed by atoms with Gasteiger partial charge in [-0.3, -0.25) is 9.58 Å². The molecule has 0 amide bonds. The Morgan fingerprint density at radius 3 is 2.81 bits per heavy atom. The smallest absolute Gasteiger partial charge is 0.417 e. The standard InChI is InChI=1S/C16H18ClF3N4O2/c1-23-8-13(17)14(22-23)9-24-4-5-25-12(7-24)10-26-15-3-2-11(6-21-15)16(18,19)20/h2-3,6,8,12H,4-5,7,9-10H2,1H3. The van der Waals surface area contributed by atoms with Gasteiger partial charge in [-0.2, -0.15) is 18.3 Å². The average Bonchev–Trinajstić information content (AvgIpc) is 2.90. The molecule has 0 aliphatic carbocycles. The summed E-state index contributed by atoms with van der Waals surface area (Å²) < 4.78 is 50.4. The number of alkyl halides is 3. The lowest BCUT2D eigenvalue weighted by Crippen LogP contribution is -2.44. The topological polar surface area (TPSA) is 52.4 Å². The number of ether oxygens (including phenoxy) is 2. The lowest BCUT2D eigenvalue weighted by Gasteiger charge is -2.32. The molecule has 26 heavy (non-hydrogen) atoms. The Bertz CT molecular complexity index is 736. The molecule has 0 bridgehead atoms. The van der Waals surface area contributed by atoms with E-state index in [0.29, 0.717) is 24.7 Å². The number of morpholine rings is 1. The number of rotatable bonds is 5. The lowest BCUT2D eigenvalue weighted by molar-refractivity contribution is -0.137. The molecule has 1 saturated heterocycles. The highest BCUT2D eigenvalue weighted by atomic mass is 35.5. The Balaban J connectivity index is 1.51. The molecule has 3 rings (SSSR count). The predicted molar refractivity (Wildman–Crippen MR) is 88.0 cm³/mol. The summed E-state index contributed by atoms with van der Waals surface area (Å²) >= 11 is 6.13. The summed E-state index contributed by atoms with van der Waals surface area (Å²) in [7, 11) is 1.81. The van der Waals surface area contributed by atoms with E-state index < -0.39 is 11.7 Å². The van der Waals surface area contributed by atoms with Crippen LogP contribution in [0, 0.1) is 0 Å². The number of halogens is 4. The molecule has 1 aliphatic rings. The Morgan fingerprint density at radius 1 is 1.38 bits per heavy atom. The molecule has 0 spiro atoms. The molecule has 3 heterocycles. The zero-order valence-corrected chi connectivity index (χ0v) is 14.8. The third kappa shape index (κ3) is 4.87. The summed E-state index contributed by atoms with van der Waals surface area (Å²) in [5, 5.41) is 4.93. The molecular weight excluding hydrogens is 373 g/mol. The van der Waals surface area contributed by atoms with Crippen molar-refractivity contribution in [1.29, 1.82) is 0 Å². The van der Waals surface area contributed by atoms with Gasteiger partial charge in [-0.15, -0.1) is 0 Å². The molecule has 1 unspecified atom stereocenters. The van der Waals surface area contributed by atoms with Crippen molar-refractivity contribution in [3.05, 3.63) is 40.8 Å². The van der Waals surface area contributed by atoms with Crippen LogP contribution < -0.4 is 4.74 Å². The molecule has 2 aromatic heterocycles. The van der Waals surface area contributed by atoms with Gasteiger partial charge in [-0.1, -0.05) is 11.6 Å². The molecule has 6 nitrogen and oxygen atoms in total. The van der Waals surface area contributed by atoms with Gasteiger partial charge >= 0.3 is 6.18 Å². The number of hydrogen-bond donors (Lipinski definition) is 0. The first-order valence-corrected chi connectivity index (χ1v) is 8.37. The maximum Gasteiger partial charge on any atom is 0.417 e. The summed E-state index contributed by atoms with van der Waals surface area (Å²) in [6.45, 7) is 2.66. The Kier molecular flexibility index (Phi) is 5.69. The summed E-state index contributed by atoms with van der Waals surface area (Å²) in [6.07, 6.45) is -2.12. The van der Waals surface area contributed by atoms with Crippen LogP contribution >= 0.6 is 11.6 Å². The zero-order valence-electron chi connectivity index (χ0n) is 14.0. The first-order valence-electron chi connectivity index (χ1n) is 7.99. The van der Waals surface area contributed by atoms with Crippen LogP contribution in [0.3, 0.4) is 0 Å². The van der Waals surface area contributed by atoms with Gasteiger partial charge in [-0.25, -0.2) is 4.98 Å². The maximum absolute atomic E-state index is 12.5. The van der Waals surface area contributed by atoms with Gasteiger partial charge in [0.2, 0.25) is 5.88 Å². The van der Waals surface area contributed by atoms with E-state index in [1.165, 1.54) is 6.07 Å². The van der Waals surface area contributed by atoms with Crippen LogP contribution in [0.1, 0.15) is 11.3 Å². The second kappa shape index (κ2) is 7.81. The van der Waals surface area contributed by atoms with Crippen LogP contribution in [0.15, 0.2) is 24.5 Å². The van der Waals surface area contributed by atoms with E-state index in [1.54, 1.807) is 10.9 Å². The van der Waals surface area contributed by atoms with Crippen LogP contribution in [0.2, 0.25) is 5.02 Å². The molecule has 10 heteroatoms. The van der Waals surface area contributed by atoms with E-state index in [1.807, 2.05) is 7.05 Å². The molecule has 1 aliphatic heterocycles. The Morgan fingerprint density at radius 2 is 2.19 bits per heavy atom. The van der Waals surface area contributed by atoms with Crippen molar-refractivity contribution >= 4 is 11.6 Å². The molecule has 0 aromatic carbocycles. The number of hydrogen-bond acceptors (Lipinski definition) is 5. The Labute approximate surface area is 153 Å². The van der Waals surface area contributed by atoms with Crippen LogP contribution in [-0.4, -0.2) is 52.1 Å². The van der Waals surface area contributed by atoms with Gasteiger partial charge in [0.25, 0.3) is 0 Å². The fraction of sp³-hybridized carbons (Fsp3) is 0.500. The molecule has 0 radical (unpaired) electrons. The van der Waals surface area contributed by atoms with Crippen molar-refractivity contribution in [1.82, 2.24) is 19.7 Å². The number of aromatic nitrogens is 3. The summed E-state index contributed by atoms with van der Waals surface area (Å²) in [6, 6.07) is 2.15. The number of aryl methyl sites for hydroxylation is 1. The number of pyridine rings is 1. The molecule has 142 valence electrons. The van der Waals surface area contributed by atoms with Gasteiger partial charge < -0.3 is 9.47 Å². The van der Waals surface area contributed by atoms with Crippen LogP contribution in [0.25, 0.3) is 0 Å². The van der Waals surface area contributed by atoms with E-state index in [4.69, 9.17) is 21.1 Å². The van der Waals surface area contributed by atoms with E-state index in [2.05, 4.69) is 15.0 Å². The molecule has 2 aromatic rings. The van der Waals surface area contributed by atoms with Gasteiger partial charge in [0.1, 0.15) is 12.7 Å². The largest absolute Gasteiger partial charge is 0.475 e. The van der Waals surface area contributed by atoms with E-state index >= 15 is 0 Å². The van der Waals surface area contributed by atoms with Crippen LogP contribution in [-0.2, 0) is 24.5 Å². The van der Waals surface area contributed by atoms with Crippen molar-refractivity contribution in [3.63, 3.8) is 0 Å². The second-order valence-corrected chi connectivity index (χ2v) is 6.43. The van der Waals surface area contributed by atoms with Crippen molar-refractivity contribution < 1.29 is 22.6 Å². The van der Waals surface area contributed by atoms with Crippen molar-refractivity contribution in [2.24, 2.45) is 7.05 Å². The van der Waals surface area contributed by atoms with Gasteiger partial charge in [0.15, 0.2) is 0 Å². The minimum Gasteiger partial charge on any atom is -0.475 e. The quantitative estimate of drug-likeness (QED) is 0.785. The predicted octanol–water partition coefficient (Wildman–Crippen LogP) is 2.77. The van der Waals surface area contributed by atoms with Gasteiger partial charge in [0.05, 0.1) is 22.9 Å². The summed E-state index contributed by atoms with van der Waals surface area (Å²) in [5.74, 6) is 0.131. The first kappa shape index (κ1) is 18.9. The zero-order chi connectivity index (χ0) is 18.7. The van der Waals surface area contributed by atoms with E-state index in [9.17, 15) is 13.2 Å². The highest BCUT2D eigenvalue weighted by molar-refractivity contribution is 6.31. The van der Waals surface area contributed by atoms with E-state index in [-0.39, 0.29) is 18.6 Å². The molecule has 0 saturated carbocycles. The summed E-state index contributed by atoms with van der Waals surface area (Å²) in [5.41, 5.74) is -0.0164. The third-order valence-electron chi connectivity index (χ3n) is 3.93. The fourth-order valence-corrected chi connectivity index (χ4v) is 2.90. The van der Waals surface area contributed by atoms with Gasteiger partial charge in [-0.05, 0) is 6.07 Å². The van der Waals surface area contributed by atoms with Crippen molar-refractivity contribution in [2.45, 2.75) is 18.8 Å².